The lowest BCUT2D eigenvalue weighted by Gasteiger charge is -2.60. The van der Waals surface area contributed by atoms with Crippen LogP contribution >= 0.6 is 0 Å². The Hall–Kier alpha value is -0.520. The van der Waals surface area contributed by atoms with Crippen LogP contribution in [0, 0.1) is 39.9 Å². The van der Waals surface area contributed by atoms with Gasteiger partial charge in [-0.2, -0.15) is 0 Å². The highest BCUT2D eigenvalue weighted by molar-refractivity contribution is 5.35. The van der Waals surface area contributed by atoms with E-state index in [1.54, 1.807) is 0 Å². The first-order valence-electron chi connectivity index (χ1n) is 13.5. The summed E-state index contributed by atoms with van der Waals surface area (Å²) in [4.78, 5) is 0. The Morgan fingerprint density at radius 1 is 0.935 bits per heavy atom. The minimum absolute atomic E-state index is 0. The smallest absolute Gasteiger partial charge is 0.00800 e. The van der Waals surface area contributed by atoms with E-state index in [9.17, 15) is 0 Å². The van der Waals surface area contributed by atoms with Gasteiger partial charge in [-0.15, -0.1) is 0 Å². The number of fused-ring (bicyclic) bond motifs is 4. The number of allylic oxidation sites excluding steroid dienone is 4. The second kappa shape index (κ2) is 9.77. The Balaban J connectivity index is 0.00000111. The summed E-state index contributed by atoms with van der Waals surface area (Å²) in [5, 5.41) is 0. The molecule has 0 amide bonds. The molecule has 0 aromatic heterocycles. The monoisotopic (exact) mass is 428 g/mol. The van der Waals surface area contributed by atoms with Crippen molar-refractivity contribution in [3.63, 3.8) is 0 Å². The topological polar surface area (TPSA) is 0 Å². The van der Waals surface area contributed by atoms with Crippen molar-refractivity contribution in [1.29, 1.82) is 0 Å². The molecule has 0 saturated heterocycles. The van der Waals surface area contributed by atoms with Gasteiger partial charge in [-0.1, -0.05) is 78.7 Å². The fraction of sp³-hybridized carbons (Fsp3) is 0.871. The summed E-state index contributed by atoms with van der Waals surface area (Å²) in [6, 6.07) is 0. The maximum atomic E-state index is 2.68. The minimum Gasteiger partial charge on any atom is -0.0859 e. The largest absolute Gasteiger partial charge is 0.0859 e. The van der Waals surface area contributed by atoms with Gasteiger partial charge in [0.1, 0.15) is 0 Å². The van der Waals surface area contributed by atoms with Crippen molar-refractivity contribution in [2.45, 2.75) is 134 Å². The van der Waals surface area contributed by atoms with Crippen molar-refractivity contribution >= 4 is 0 Å². The van der Waals surface area contributed by atoms with Gasteiger partial charge in [0.05, 0.1) is 0 Å². The highest BCUT2D eigenvalue weighted by Crippen LogP contribution is 2.68. The quantitative estimate of drug-likeness (QED) is 0.392. The van der Waals surface area contributed by atoms with E-state index in [4.69, 9.17) is 0 Å². The van der Waals surface area contributed by atoms with Crippen molar-refractivity contribution < 1.29 is 0 Å². The van der Waals surface area contributed by atoms with Gasteiger partial charge in [0, 0.05) is 0 Å². The summed E-state index contributed by atoms with van der Waals surface area (Å²) in [6.07, 6.45) is 16.8. The zero-order valence-corrected chi connectivity index (χ0v) is 22.0. The molecule has 0 spiro atoms. The molecular weight excluding hydrogens is 372 g/mol. The van der Waals surface area contributed by atoms with Crippen LogP contribution in [0.4, 0.5) is 0 Å². The lowest BCUT2D eigenvalue weighted by molar-refractivity contribution is -0.0388. The molecule has 0 N–H and O–H groups in total. The molecule has 6 unspecified atom stereocenters. The third kappa shape index (κ3) is 4.36. The van der Waals surface area contributed by atoms with E-state index in [0.29, 0.717) is 16.2 Å². The average Bonchev–Trinajstić information content (AvgIpc) is 3.03. The van der Waals surface area contributed by atoms with Crippen LogP contribution in [0.5, 0.6) is 0 Å². The molecule has 180 valence electrons. The Morgan fingerprint density at radius 3 is 2.26 bits per heavy atom. The molecule has 2 fully saturated rings. The van der Waals surface area contributed by atoms with Crippen molar-refractivity contribution in [1.82, 2.24) is 0 Å². The Kier molecular flexibility index (Phi) is 8.42. The molecule has 0 aromatic carbocycles. The standard InChI is InChI=1S/C28H46.C2H6.CH4/c1-19(2)9-8-10-21-11-13-23-22-12-14-25-26(4,5)20(3)15-17-28(25,7)24(22)16-18-27(21,23)6;1-2;/h9,20-21,23,25H,8,10-18H2,1-7H3;1-2H3;1H4. The number of hydrogen-bond acceptors (Lipinski definition) is 0. The van der Waals surface area contributed by atoms with Gasteiger partial charge < -0.3 is 0 Å². The molecule has 0 heteroatoms. The van der Waals surface area contributed by atoms with Gasteiger partial charge >= 0.3 is 0 Å². The van der Waals surface area contributed by atoms with E-state index in [1.165, 1.54) is 69.8 Å². The van der Waals surface area contributed by atoms with Crippen LogP contribution in [0.2, 0.25) is 0 Å². The van der Waals surface area contributed by atoms with Crippen LogP contribution in [0.15, 0.2) is 22.8 Å². The van der Waals surface area contributed by atoms with Crippen molar-refractivity contribution in [3.8, 4) is 0 Å². The molecule has 0 radical (unpaired) electrons. The Morgan fingerprint density at radius 2 is 1.61 bits per heavy atom. The maximum Gasteiger partial charge on any atom is -0.00800 e. The highest BCUT2D eigenvalue weighted by atomic mass is 14.6. The summed E-state index contributed by atoms with van der Waals surface area (Å²) < 4.78 is 0. The van der Waals surface area contributed by atoms with Gasteiger partial charge in [0.15, 0.2) is 0 Å². The van der Waals surface area contributed by atoms with Crippen LogP contribution in [-0.2, 0) is 0 Å². The zero-order valence-electron chi connectivity index (χ0n) is 22.0. The van der Waals surface area contributed by atoms with E-state index in [0.717, 1.165) is 23.7 Å². The Labute approximate surface area is 196 Å². The highest BCUT2D eigenvalue weighted by Gasteiger charge is 2.57. The van der Waals surface area contributed by atoms with Crippen LogP contribution in [0.25, 0.3) is 0 Å². The Bertz CT molecular complexity index is 672. The maximum absolute atomic E-state index is 2.68. The SMILES string of the molecule is C.CC.CC(C)=CCCC1CCC2C3=C(CCC12C)C1(C)CCC(C)C(C)(C)C1CC3. The molecule has 6 atom stereocenters. The number of hydrogen-bond donors (Lipinski definition) is 0. The molecule has 0 aromatic rings. The fourth-order valence-electron chi connectivity index (χ4n) is 8.63. The minimum atomic E-state index is 0. The van der Waals surface area contributed by atoms with Crippen molar-refractivity contribution in [3.05, 3.63) is 22.8 Å². The van der Waals surface area contributed by atoms with Crippen LogP contribution in [0.3, 0.4) is 0 Å². The van der Waals surface area contributed by atoms with E-state index < -0.39 is 0 Å². The summed E-state index contributed by atoms with van der Waals surface area (Å²) in [7, 11) is 0. The molecule has 2 saturated carbocycles. The number of rotatable bonds is 3. The molecule has 31 heavy (non-hydrogen) atoms. The van der Waals surface area contributed by atoms with Crippen molar-refractivity contribution in [2.75, 3.05) is 0 Å². The van der Waals surface area contributed by atoms with Crippen molar-refractivity contribution in [2.24, 2.45) is 39.9 Å². The predicted molar refractivity (Wildman–Crippen MR) is 140 cm³/mol. The first-order chi connectivity index (χ1) is 14.1. The summed E-state index contributed by atoms with van der Waals surface area (Å²) in [5.74, 6) is 3.65. The summed E-state index contributed by atoms with van der Waals surface area (Å²) in [6.45, 7) is 21.6. The van der Waals surface area contributed by atoms with Crippen LogP contribution in [0.1, 0.15) is 134 Å². The molecule has 0 aliphatic heterocycles. The first kappa shape index (κ1) is 26.7. The average molecular weight is 429 g/mol. The van der Waals surface area contributed by atoms with E-state index in [-0.39, 0.29) is 7.43 Å². The molecule has 4 aliphatic rings. The van der Waals surface area contributed by atoms with Gasteiger partial charge in [-0.3, -0.25) is 0 Å². The lowest BCUT2D eigenvalue weighted by atomic mass is 9.44. The van der Waals surface area contributed by atoms with Crippen LogP contribution < -0.4 is 0 Å². The molecule has 0 nitrogen and oxygen atoms in total. The van der Waals surface area contributed by atoms with Gasteiger partial charge in [-0.25, -0.2) is 0 Å². The molecular formula is C31H56. The predicted octanol–water partition coefficient (Wildman–Crippen LogP) is 10.4. The van der Waals surface area contributed by atoms with Gasteiger partial charge in [0.2, 0.25) is 0 Å². The van der Waals surface area contributed by atoms with Crippen LogP contribution in [-0.4, -0.2) is 0 Å². The third-order valence-corrected chi connectivity index (χ3v) is 10.7. The van der Waals surface area contributed by atoms with E-state index in [2.05, 4.69) is 54.5 Å². The second-order valence-corrected chi connectivity index (χ2v) is 12.5. The normalized spacial score (nSPS) is 40.4. The summed E-state index contributed by atoms with van der Waals surface area (Å²) >= 11 is 0. The molecule has 0 bridgehead atoms. The van der Waals surface area contributed by atoms with Gasteiger partial charge in [0.25, 0.3) is 0 Å². The zero-order chi connectivity index (χ0) is 22.3. The molecule has 0 heterocycles. The fourth-order valence-corrected chi connectivity index (χ4v) is 8.63. The summed E-state index contributed by atoms with van der Waals surface area (Å²) in [5.41, 5.74) is 7.04. The van der Waals surface area contributed by atoms with Gasteiger partial charge in [-0.05, 0) is 118 Å². The van der Waals surface area contributed by atoms with E-state index >= 15 is 0 Å². The first-order valence-corrected chi connectivity index (χ1v) is 13.5. The third-order valence-electron chi connectivity index (χ3n) is 10.7. The molecule has 4 rings (SSSR count). The molecule has 4 aliphatic carbocycles. The van der Waals surface area contributed by atoms with E-state index in [1.807, 2.05) is 25.0 Å². The second-order valence-electron chi connectivity index (χ2n) is 12.5. The lowest BCUT2D eigenvalue weighted by Crippen LogP contribution is -2.51.